The summed E-state index contributed by atoms with van der Waals surface area (Å²) in [5.74, 6) is -0.103. The summed E-state index contributed by atoms with van der Waals surface area (Å²) in [7, 11) is 0. The molecular formula is C24H45N3O5. The van der Waals surface area contributed by atoms with E-state index in [1.54, 1.807) is 0 Å². The number of hydrogen-bond donors (Lipinski definition) is 3. The van der Waals surface area contributed by atoms with Crippen molar-refractivity contribution in [1.82, 2.24) is 10.6 Å². The zero-order valence-electron chi connectivity index (χ0n) is 20.9. The molecule has 0 radical (unpaired) electrons. The first-order chi connectivity index (χ1) is 14.8. The Hall–Kier alpha value is -1.67. The van der Waals surface area contributed by atoms with E-state index in [0.29, 0.717) is 25.8 Å². The molecule has 4 N–H and O–H groups in total. The quantitative estimate of drug-likeness (QED) is 0.324. The van der Waals surface area contributed by atoms with Crippen molar-refractivity contribution in [3.63, 3.8) is 0 Å². The maximum absolute atomic E-state index is 12.7. The van der Waals surface area contributed by atoms with Crippen molar-refractivity contribution >= 4 is 18.3 Å². The third kappa shape index (κ3) is 11.8. The number of hydrogen-bond acceptors (Lipinski definition) is 6. The third-order valence-corrected chi connectivity index (χ3v) is 5.36. The van der Waals surface area contributed by atoms with Gasteiger partial charge in [-0.3, -0.25) is 4.79 Å². The van der Waals surface area contributed by atoms with E-state index in [2.05, 4.69) is 10.6 Å². The summed E-state index contributed by atoms with van der Waals surface area (Å²) < 4.78 is 11.4. The predicted octanol–water partition coefficient (Wildman–Crippen LogP) is 3.46. The summed E-state index contributed by atoms with van der Waals surface area (Å²) in [6, 6.07) is -1.44. The van der Waals surface area contributed by atoms with Gasteiger partial charge in [-0.1, -0.05) is 19.3 Å². The van der Waals surface area contributed by atoms with Crippen LogP contribution in [0, 0.1) is 5.92 Å². The summed E-state index contributed by atoms with van der Waals surface area (Å²) in [6.07, 6.45) is 7.19. The highest BCUT2D eigenvalue weighted by molar-refractivity contribution is 5.84. The normalized spacial score (nSPS) is 18.3. The van der Waals surface area contributed by atoms with E-state index in [1.807, 2.05) is 41.5 Å². The van der Waals surface area contributed by atoms with Crippen LogP contribution in [0.15, 0.2) is 0 Å². The van der Waals surface area contributed by atoms with Crippen LogP contribution < -0.4 is 16.4 Å². The number of rotatable bonds is 11. The van der Waals surface area contributed by atoms with Crippen LogP contribution in [0.2, 0.25) is 0 Å². The van der Waals surface area contributed by atoms with Crippen LogP contribution in [0.25, 0.3) is 0 Å². The highest BCUT2D eigenvalue weighted by Gasteiger charge is 2.35. The molecule has 0 aliphatic heterocycles. The molecule has 1 unspecified atom stereocenters. The highest BCUT2D eigenvalue weighted by Crippen LogP contribution is 2.31. The molecule has 0 saturated heterocycles. The number of nitrogens with two attached hydrogens (primary N) is 1. The molecule has 2 amide bonds. The Balaban J connectivity index is 2.51. The third-order valence-electron chi connectivity index (χ3n) is 5.36. The Morgan fingerprint density at radius 2 is 1.66 bits per heavy atom. The molecule has 1 aliphatic carbocycles. The number of aldehydes is 1. The molecule has 1 aliphatic rings. The van der Waals surface area contributed by atoms with E-state index in [9.17, 15) is 14.4 Å². The number of nitrogens with one attached hydrogen (secondary N) is 2. The zero-order chi connectivity index (χ0) is 24.4. The van der Waals surface area contributed by atoms with Gasteiger partial charge in [0, 0.05) is 6.54 Å². The summed E-state index contributed by atoms with van der Waals surface area (Å²) in [4.78, 5) is 36.2. The van der Waals surface area contributed by atoms with Crippen LogP contribution in [-0.2, 0) is 19.1 Å². The number of ether oxygens (including phenoxy) is 2. The fourth-order valence-electron chi connectivity index (χ4n) is 3.92. The fourth-order valence-corrected chi connectivity index (χ4v) is 3.92. The van der Waals surface area contributed by atoms with Gasteiger partial charge in [-0.15, -0.1) is 0 Å². The van der Waals surface area contributed by atoms with Crippen LogP contribution in [0.5, 0.6) is 0 Å². The van der Waals surface area contributed by atoms with Gasteiger partial charge in [0.15, 0.2) is 0 Å². The molecule has 1 rings (SSSR count). The first-order valence-electron chi connectivity index (χ1n) is 12.0. The monoisotopic (exact) mass is 455 g/mol. The van der Waals surface area contributed by atoms with Gasteiger partial charge < -0.3 is 30.6 Å². The summed E-state index contributed by atoms with van der Waals surface area (Å²) in [6.45, 7) is 11.8. The van der Waals surface area contributed by atoms with Gasteiger partial charge in [0.1, 0.15) is 17.9 Å². The second kappa shape index (κ2) is 13.1. The molecule has 8 heteroatoms. The lowest BCUT2D eigenvalue weighted by atomic mass is 9.82. The number of alkyl carbamates (subject to hydrolysis) is 1. The SMILES string of the molecule is CC(C)(C)OC(=O)NCCCC[C@H](N)C(=O)N[C@H](C=O)C(OC(C)(C)C)C1CCCCC1. The van der Waals surface area contributed by atoms with Gasteiger partial charge in [0.05, 0.1) is 17.7 Å². The van der Waals surface area contributed by atoms with Gasteiger partial charge in [-0.25, -0.2) is 4.79 Å². The van der Waals surface area contributed by atoms with E-state index in [-0.39, 0.29) is 17.9 Å². The average Bonchev–Trinajstić information content (AvgIpc) is 2.68. The first-order valence-corrected chi connectivity index (χ1v) is 12.0. The molecular weight excluding hydrogens is 410 g/mol. The van der Waals surface area contributed by atoms with Crippen molar-refractivity contribution in [2.75, 3.05) is 6.54 Å². The van der Waals surface area contributed by atoms with Crippen LogP contribution in [0.3, 0.4) is 0 Å². The highest BCUT2D eigenvalue weighted by atomic mass is 16.6. The molecule has 8 nitrogen and oxygen atoms in total. The van der Waals surface area contributed by atoms with Crippen molar-refractivity contribution in [1.29, 1.82) is 0 Å². The minimum atomic E-state index is -0.722. The lowest BCUT2D eigenvalue weighted by Crippen LogP contribution is -2.54. The first kappa shape index (κ1) is 28.4. The van der Waals surface area contributed by atoms with Crippen molar-refractivity contribution in [3.05, 3.63) is 0 Å². The number of unbranched alkanes of at least 4 members (excludes halogenated alkanes) is 1. The molecule has 3 atom stereocenters. The van der Waals surface area contributed by atoms with Gasteiger partial charge in [0.25, 0.3) is 0 Å². The number of amides is 2. The minimum Gasteiger partial charge on any atom is -0.444 e. The lowest BCUT2D eigenvalue weighted by Gasteiger charge is -2.38. The van der Waals surface area contributed by atoms with Crippen LogP contribution >= 0.6 is 0 Å². The average molecular weight is 456 g/mol. The molecule has 0 spiro atoms. The molecule has 0 aromatic heterocycles. The second-order valence-corrected chi connectivity index (χ2v) is 10.8. The Labute approximate surface area is 193 Å². The van der Waals surface area contributed by atoms with E-state index in [4.69, 9.17) is 15.2 Å². The largest absolute Gasteiger partial charge is 0.444 e. The molecule has 0 bridgehead atoms. The van der Waals surface area contributed by atoms with E-state index in [1.165, 1.54) is 6.42 Å². The van der Waals surface area contributed by atoms with E-state index in [0.717, 1.165) is 32.0 Å². The van der Waals surface area contributed by atoms with Gasteiger partial charge in [-0.2, -0.15) is 0 Å². The molecule has 0 aromatic rings. The predicted molar refractivity (Wildman–Crippen MR) is 125 cm³/mol. The molecule has 32 heavy (non-hydrogen) atoms. The molecule has 0 heterocycles. The van der Waals surface area contributed by atoms with Gasteiger partial charge >= 0.3 is 6.09 Å². The smallest absolute Gasteiger partial charge is 0.407 e. The summed E-state index contributed by atoms with van der Waals surface area (Å²) >= 11 is 0. The molecule has 0 aromatic carbocycles. The van der Waals surface area contributed by atoms with Crippen molar-refractivity contribution < 1.29 is 23.9 Å². The Kier molecular flexibility index (Phi) is 11.6. The molecule has 1 fully saturated rings. The van der Waals surface area contributed by atoms with Crippen LogP contribution in [0.4, 0.5) is 4.79 Å². The van der Waals surface area contributed by atoms with Crippen LogP contribution in [-0.4, -0.2) is 54.2 Å². The molecule has 1 saturated carbocycles. The molecule has 186 valence electrons. The standard InChI is InChI=1S/C24H45N3O5/c1-23(2,3)31-20(17-12-8-7-9-13-17)19(16-28)27-21(29)18(25)14-10-11-15-26-22(30)32-24(4,5)6/h16-20H,7-15,25H2,1-6H3,(H,26,30)(H,27,29)/t18-,19+,20?/m0/s1. The Bertz CT molecular complexity index is 591. The maximum Gasteiger partial charge on any atom is 0.407 e. The number of carbonyl (C=O) groups excluding carboxylic acids is 3. The second-order valence-electron chi connectivity index (χ2n) is 10.8. The van der Waals surface area contributed by atoms with Gasteiger partial charge in [0.2, 0.25) is 5.91 Å². The fraction of sp³-hybridized carbons (Fsp3) is 0.875. The topological polar surface area (TPSA) is 120 Å². The summed E-state index contributed by atoms with van der Waals surface area (Å²) in [5.41, 5.74) is 5.12. The zero-order valence-corrected chi connectivity index (χ0v) is 20.9. The van der Waals surface area contributed by atoms with Crippen molar-refractivity contribution in [2.24, 2.45) is 11.7 Å². The van der Waals surface area contributed by atoms with Crippen molar-refractivity contribution in [2.45, 2.75) is 122 Å². The Morgan fingerprint density at radius 1 is 1.03 bits per heavy atom. The lowest BCUT2D eigenvalue weighted by molar-refractivity contribution is -0.137. The number of carbonyl (C=O) groups is 3. The van der Waals surface area contributed by atoms with Crippen LogP contribution in [0.1, 0.15) is 92.9 Å². The minimum absolute atomic E-state index is 0.244. The van der Waals surface area contributed by atoms with E-state index < -0.39 is 29.4 Å². The Morgan fingerprint density at radius 3 is 2.19 bits per heavy atom. The maximum atomic E-state index is 12.7. The van der Waals surface area contributed by atoms with Gasteiger partial charge in [-0.05, 0) is 79.6 Å². The summed E-state index contributed by atoms with van der Waals surface area (Å²) in [5, 5.41) is 5.52. The van der Waals surface area contributed by atoms with Crippen molar-refractivity contribution in [3.8, 4) is 0 Å². The van der Waals surface area contributed by atoms with E-state index >= 15 is 0 Å².